The Labute approximate surface area is 166 Å². The number of alkyl halides is 1. The third kappa shape index (κ3) is 4.16. The molecule has 1 aliphatic rings. The van der Waals surface area contributed by atoms with Crippen LogP contribution in [-0.2, 0) is 0 Å². The van der Waals surface area contributed by atoms with Gasteiger partial charge in [-0.1, -0.05) is 0 Å². The molecule has 3 heterocycles. The minimum Gasteiger partial charge on any atom is -0.387 e. The van der Waals surface area contributed by atoms with Gasteiger partial charge in [-0.15, -0.1) is 0 Å². The Bertz CT molecular complexity index is 1040. The summed E-state index contributed by atoms with van der Waals surface area (Å²) in [5.74, 6) is 0.0324. The van der Waals surface area contributed by atoms with Crippen molar-refractivity contribution in [2.24, 2.45) is 0 Å². The first-order chi connectivity index (χ1) is 13.8. The van der Waals surface area contributed by atoms with E-state index in [0.717, 1.165) is 18.2 Å². The molecule has 3 aromatic rings. The van der Waals surface area contributed by atoms with Crippen molar-refractivity contribution in [1.29, 1.82) is 0 Å². The minimum atomic E-state index is -1.59. The van der Waals surface area contributed by atoms with Gasteiger partial charge in [0.2, 0.25) is 0 Å². The Morgan fingerprint density at radius 1 is 1.34 bits per heavy atom. The Kier molecular flexibility index (Phi) is 4.87. The van der Waals surface area contributed by atoms with E-state index in [2.05, 4.69) is 30.7 Å². The van der Waals surface area contributed by atoms with Crippen LogP contribution in [0.25, 0.3) is 16.9 Å². The second-order valence-electron chi connectivity index (χ2n) is 7.70. The number of amides is 1. The molecule has 4 rings (SSSR count). The van der Waals surface area contributed by atoms with Crippen molar-refractivity contribution in [3.05, 3.63) is 36.5 Å². The van der Waals surface area contributed by atoms with Crippen LogP contribution in [0.4, 0.5) is 10.1 Å². The average Bonchev–Trinajstić information content (AvgIpc) is 3.40. The molecule has 1 amide bonds. The van der Waals surface area contributed by atoms with Gasteiger partial charge in [-0.2, -0.15) is 9.78 Å². The molecular formula is C19H22FN7O2. The van der Waals surface area contributed by atoms with E-state index >= 15 is 0 Å². The molecular weight excluding hydrogens is 377 g/mol. The van der Waals surface area contributed by atoms with Gasteiger partial charge in [0, 0.05) is 24.5 Å². The zero-order chi connectivity index (χ0) is 20.6. The zero-order valence-corrected chi connectivity index (χ0v) is 16.1. The number of rotatable bonds is 7. The van der Waals surface area contributed by atoms with Gasteiger partial charge in [-0.3, -0.25) is 4.79 Å². The number of anilines is 1. The average molecular weight is 399 g/mol. The maximum Gasteiger partial charge on any atom is 0.255 e. The molecule has 0 saturated heterocycles. The number of nitrogens with zero attached hydrogens (tertiary/aromatic N) is 5. The van der Waals surface area contributed by atoms with E-state index in [-0.39, 0.29) is 6.54 Å². The molecule has 9 nitrogen and oxygen atoms in total. The van der Waals surface area contributed by atoms with Crippen LogP contribution in [0.5, 0.6) is 0 Å². The van der Waals surface area contributed by atoms with Crippen LogP contribution in [0.1, 0.15) is 37.0 Å². The lowest BCUT2D eigenvalue weighted by Gasteiger charge is -2.22. The quantitative estimate of drug-likeness (QED) is 0.553. The minimum absolute atomic E-state index is 0.291. The molecule has 1 fully saturated rings. The first kappa shape index (κ1) is 19.2. The summed E-state index contributed by atoms with van der Waals surface area (Å²) < 4.78 is 15.6. The van der Waals surface area contributed by atoms with Crippen LogP contribution in [0, 0.1) is 0 Å². The highest BCUT2D eigenvalue weighted by Gasteiger charge is 2.28. The first-order valence-corrected chi connectivity index (χ1v) is 9.38. The molecule has 3 aromatic heterocycles. The highest BCUT2D eigenvalue weighted by atomic mass is 19.1. The van der Waals surface area contributed by atoms with Crippen molar-refractivity contribution < 1.29 is 14.3 Å². The fraction of sp³-hybridized carbons (Fsp3) is 0.421. The highest BCUT2D eigenvalue weighted by molar-refractivity contribution is 5.99. The number of nitrogens with one attached hydrogen (secondary N) is 2. The van der Waals surface area contributed by atoms with Crippen LogP contribution in [0.15, 0.2) is 31.0 Å². The molecule has 0 aromatic carbocycles. The molecule has 0 spiro atoms. The van der Waals surface area contributed by atoms with Gasteiger partial charge in [0.05, 0.1) is 35.0 Å². The standard InChI is InChI=1S/C19H22FN7O2/c1-19(2,29)15(20)9-23-18(28)13-8-22-16(5-14(13)26-12-3-4-12)27-17-11(7-25-27)6-21-10-24-17/h5-8,10,12,15,29H,3-4,9H2,1-2H3,(H,22,26)(H,23,28). The van der Waals surface area contributed by atoms with Gasteiger partial charge in [-0.25, -0.2) is 19.3 Å². The molecule has 1 aliphatic carbocycles. The van der Waals surface area contributed by atoms with Crippen molar-refractivity contribution in [2.45, 2.75) is 44.5 Å². The summed E-state index contributed by atoms with van der Waals surface area (Å²) in [5, 5.41) is 20.6. The van der Waals surface area contributed by atoms with E-state index in [1.54, 1.807) is 23.1 Å². The van der Waals surface area contributed by atoms with E-state index in [9.17, 15) is 14.3 Å². The lowest BCUT2D eigenvalue weighted by Crippen LogP contribution is -2.42. The fourth-order valence-corrected chi connectivity index (χ4v) is 2.78. The number of hydrogen-bond donors (Lipinski definition) is 3. The fourth-order valence-electron chi connectivity index (χ4n) is 2.78. The summed E-state index contributed by atoms with van der Waals surface area (Å²) in [6.07, 6.45) is 6.61. The largest absolute Gasteiger partial charge is 0.387 e. The number of aliphatic hydroxyl groups is 1. The number of halogens is 1. The third-order valence-corrected chi connectivity index (χ3v) is 4.73. The van der Waals surface area contributed by atoms with Crippen LogP contribution >= 0.6 is 0 Å². The number of aromatic nitrogens is 5. The Morgan fingerprint density at radius 2 is 2.14 bits per heavy atom. The van der Waals surface area contributed by atoms with Gasteiger partial charge < -0.3 is 15.7 Å². The Hall–Kier alpha value is -3.14. The molecule has 0 aliphatic heterocycles. The van der Waals surface area contributed by atoms with Crippen LogP contribution in [0.2, 0.25) is 0 Å². The Balaban J connectivity index is 1.62. The monoisotopic (exact) mass is 399 g/mol. The van der Waals surface area contributed by atoms with E-state index in [4.69, 9.17) is 0 Å². The molecule has 3 N–H and O–H groups in total. The van der Waals surface area contributed by atoms with E-state index in [1.165, 1.54) is 26.4 Å². The second kappa shape index (κ2) is 7.36. The molecule has 1 unspecified atom stereocenters. The smallest absolute Gasteiger partial charge is 0.255 e. The number of pyridine rings is 1. The third-order valence-electron chi connectivity index (χ3n) is 4.73. The van der Waals surface area contributed by atoms with E-state index in [0.29, 0.717) is 28.8 Å². The predicted molar refractivity (Wildman–Crippen MR) is 105 cm³/mol. The highest BCUT2D eigenvalue weighted by Crippen LogP contribution is 2.28. The molecule has 0 radical (unpaired) electrons. The maximum absolute atomic E-state index is 14.0. The molecule has 1 saturated carbocycles. The van der Waals surface area contributed by atoms with Crippen LogP contribution in [-0.4, -0.2) is 60.1 Å². The summed E-state index contributed by atoms with van der Waals surface area (Å²) in [6.45, 7) is 2.42. The number of hydrogen-bond acceptors (Lipinski definition) is 7. The van der Waals surface area contributed by atoms with Crippen LogP contribution in [0.3, 0.4) is 0 Å². The van der Waals surface area contributed by atoms with Gasteiger partial charge in [0.25, 0.3) is 5.91 Å². The molecule has 29 heavy (non-hydrogen) atoms. The van der Waals surface area contributed by atoms with Gasteiger partial charge in [0.1, 0.15) is 12.5 Å². The summed E-state index contributed by atoms with van der Waals surface area (Å²) in [7, 11) is 0. The molecule has 10 heteroatoms. The predicted octanol–water partition coefficient (Wildman–Crippen LogP) is 1.62. The number of carbonyl (C=O) groups is 1. The lowest BCUT2D eigenvalue weighted by molar-refractivity contribution is -0.00177. The van der Waals surface area contributed by atoms with Crippen molar-refractivity contribution in [3.63, 3.8) is 0 Å². The lowest BCUT2D eigenvalue weighted by atomic mass is 10.0. The van der Waals surface area contributed by atoms with Crippen molar-refractivity contribution in [1.82, 2.24) is 30.0 Å². The summed E-state index contributed by atoms with van der Waals surface area (Å²) in [4.78, 5) is 25.2. The number of fused-ring (bicyclic) bond motifs is 1. The SMILES string of the molecule is CC(C)(O)C(F)CNC(=O)c1cnc(-n2ncc3cncnc32)cc1NC1CC1. The second-order valence-corrected chi connectivity index (χ2v) is 7.70. The van der Waals surface area contributed by atoms with Crippen molar-refractivity contribution in [2.75, 3.05) is 11.9 Å². The Morgan fingerprint density at radius 3 is 2.86 bits per heavy atom. The van der Waals surface area contributed by atoms with E-state index in [1.807, 2.05) is 0 Å². The summed E-state index contributed by atoms with van der Waals surface area (Å²) in [5.41, 5.74) is -0.0402. The molecule has 1 atom stereocenters. The van der Waals surface area contributed by atoms with Gasteiger partial charge in [0.15, 0.2) is 11.5 Å². The van der Waals surface area contributed by atoms with Gasteiger partial charge >= 0.3 is 0 Å². The normalized spacial score (nSPS) is 15.3. The van der Waals surface area contributed by atoms with E-state index < -0.39 is 17.7 Å². The first-order valence-electron chi connectivity index (χ1n) is 9.38. The zero-order valence-electron chi connectivity index (χ0n) is 16.1. The maximum atomic E-state index is 14.0. The molecule has 0 bridgehead atoms. The molecule has 152 valence electrons. The van der Waals surface area contributed by atoms with Crippen molar-refractivity contribution >= 4 is 22.6 Å². The number of carbonyl (C=O) groups excluding carboxylic acids is 1. The summed E-state index contributed by atoms with van der Waals surface area (Å²) in [6, 6.07) is 2.02. The van der Waals surface area contributed by atoms with Crippen molar-refractivity contribution in [3.8, 4) is 5.82 Å². The topological polar surface area (TPSA) is 118 Å². The van der Waals surface area contributed by atoms with Gasteiger partial charge in [-0.05, 0) is 26.7 Å². The van der Waals surface area contributed by atoms with Crippen LogP contribution < -0.4 is 10.6 Å². The summed E-state index contributed by atoms with van der Waals surface area (Å²) >= 11 is 0.